The molecule has 1 atom stereocenters. The minimum atomic E-state index is -0.160. The molecule has 3 rings (SSSR count). The van der Waals surface area contributed by atoms with Crippen molar-refractivity contribution in [2.45, 2.75) is 25.3 Å². The van der Waals surface area contributed by atoms with Crippen molar-refractivity contribution >= 4 is 0 Å². The molecule has 1 aliphatic heterocycles. The molecule has 0 spiro atoms. The number of halogens is 1. The summed E-state index contributed by atoms with van der Waals surface area (Å²) in [5, 5.41) is 0. The summed E-state index contributed by atoms with van der Waals surface area (Å²) < 4.78 is 13.2. The Hall–Kier alpha value is -1.81. The van der Waals surface area contributed by atoms with Crippen LogP contribution in [-0.4, -0.2) is 28.0 Å². The topological polar surface area (TPSA) is 29.0 Å². The lowest BCUT2D eigenvalue weighted by Crippen LogP contribution is -2.34. The van der Waals surface area contributed by atoms with Crippen LogP contribution in [0.4, 0.5) is 4.39 Å². The van der Waals surface area contributed by atoms with Crippen LogP contribution in [0.25, 0.3) is 0 Å². The lowest BCUT2D eigenvalue weighted by atomic mass is 9.94. The SMILES string of the molecule is Fc1cccc(CN2CCC[C@@H](c3ccncn3)C2)c1. The molecule has 0 aliphatic carbocycles. The van der Waals surface area contributed by atoms with Gasteiger partial charge in [0.05, 0.1) is 0 Å². The van der Waals surface area contributed by atoms with Crippen LogP contribution >= 0.6 is 0 Å². The van der Waals surface area contributed by atoms with Gasteiger partial charge in [-0.25, -0.2) is 14.4 Å². The molecule has 3 nitrogen and oxygen atoms in total. The molecule has 4 heteroatoms. The van der Waals surface area contributed by atoms with Crippen molar-refractivity contribution in [1.82, 2.24) is 14.9 Å². The molecule has 104 valence electrons. The fourth-order valence-electron chi connectivity index (χ4n) is 2.88. The largest absolute Gasteiger partial charge is 0.298 e. The Morgan fingerprint density at radius 1 is 1.30 bits per heavy atom. The van der Waals surface area contributed by atoms with E-state index in [0.717, 1.165) is 43.7 Å². The quantitative estimate of drug-likeness (QED) is 0.859. The van der Waals surface area contributed by atoms with Crippen LogP contribution in [0.1, 0.15) is 30.0 Å². The molecule has 0 saturated carbocycles. The predicted molar refractivity (Wildman–Crippen MR) is 75.7 cm³/mol. The smallest absolute Gasteiger partial charge is 0.123 e. The summed E-state index contributed by atoms with van der Waals surface area (Å²) >= 11 is 0. The molecule has 2 aromatic rings. The van der Waals surface area contributed by atoms with Gasteiger partial charge in [-0.1, -0.05) is 12.1 Å². The molecule has 1 aromatic carbocycles. The zero-order valence-corrected chi connectivity index (χ0v) is 11.4. The van der Waals surface area contributed by atoms with E-state index in [4.69, 9.17) is 0 Å². The van der Waals surface area contributed by atoms with Gasteiger partial charge in [-0.15, -0.1) is 0 Å². The number of aromatic nitrogens is 2. The first kappa shape index (κ1) is 13.2. The van der Waals surface area contributed by atoms with Crippen LogP contribution in [0.2, 0.25) is 0 Å². The van der Waals surface area contributed by atoms with Crippen LogP contribution in [0, 0.1) is 5.82 Å². The zero-order chi connectivity index (χ0) is 13.8. The second-order valence-electron chi connectivity index (χ2n) is 5.34. The number of rotatable bonds is 3. The number of hydrogen-bond acceptors (Lipinski definition) is 3. The van der Waals surface area contributed by atoms with E-state index in [1.54, 1.807) is 24.7 Å². The second kappa shape index (κ2) is 6.09. The summed E-state index contributed by atoms with van der Waals surface area (Å²) in [6.07, 6.45) is 5.73. The lowest BCUT2D eigenvalue weighted by molar-refractivity contribution is 0.198. The molecule has 1 saturated heterocycles. The number of likely N-dealkylation sites (tertiary alicyclic amines) is 1. The Morgan fingerprint density at radius 3 is 3.05 bits per heavy atom. The van der Waals surface area contributed by atoms with E-state index >= 15 is 0 Å². The Labute approximate surface area is 118 Å². The highest BCUT2D eigenvalue weighted by atomic mass is 19.1. The average Bonchev–Trinajstić information content (AvgIpc) is 2.48. The van der Waals surface area contributed by atoms with E-state index in [1.165, 1.54) is 6.07 Å². The molecule has 0 bridgehead atoms. The van der Waals surface area contributed by atoms with Crippen LogP contribution in [0.3, 0.4) is 0 Å². The monoisotopic (exact) mass is 271 g/mol. The van der Waals surface area contributed by atoms with E-state index in [1.807, 2.05) is 12.1 Å². The van der Waals surface area contributed by atoms with Crippen LogP contribution < -0.4 is 0 Å². The van der Waals surface area contributed by atoms with E-state index in [2.05, 4.69) is 14.9 Å². The van der Waals surface area contributed by atoms with Crippen molar-refractivity contribution in [1.29, 1.82) is 0 Å². The minimum absolute atomic E-state index is 0.160. The van der Waals surface area contributed by atoms with Crippen molar-refractivity contribution in [3.8, 4) is 0 Å². The van der Waals surface area contributed by atoms with Gasteiger partial charge in [-0.3, -0.25) is 4.90 Å². The Kier molecular flexibility index (Phi) is 4.02. The molecule has 0 radical (unpaired) electrons. The molecule has 2 heterocycles. The summed E-state index contributed by atoms with van der Waals surface area (Å²) in [6, 6.07) is 8.86. The summed E-state index contributed by atoms with van der Waals surface area (Å²) in [6.45, 7) is 2.85. The Bertz CT molecular complexity index is 559. The van der Waals surface area contributed by atoms with Gasteiger partial charge in [-0.2, -0.15) is 0 Å². The summed E-state index contributed by atoms with van der Waals surface area (Å²) in [4.78, 5) is 10.7. The first-order valence-electron chi connectivity index (χ1n) is 7.04. The van der Waals surface area contributed by atoms with Gasteiger partial charge in [0, 0.05) is 30.9 Å². The van der Waals surface area contributed by atoms with E-state index in [9.17, 15) is 4.39 Å². The molecule has 0 amide bonds. The molecule has 1 fully saturated rings. The number of nitrogens with zero attached hydrogens (tertiary/aromatic N) is 3. The third-order valence-electron chi connectivity index (χ3n) is 3.82. The second-order valence-corrected chi connectivity index (χ2v) is 5.34. The van der Waals surface area contributed by atoms with Gasteiger partial charge in [-0.05, 0) is 43.1 Å². The van der Waals surface area contributed by atoms with E-state index in [-0.39, 0.29) is 5.82 Å². The maximum atomic E-state index is 13.2. The maximum absolute atomic E-state index is 13.2. The molecule has 1 aromatic heterocycles. The highest BCUT2D eigenvalue weighted by molar-refractivity contribution is 5.16. The van der Waals surface area contributed by atoms with Gasteiger partial charge < -0.3 is 0 Å². The minimum Gasteiger partial charge on any atom is -0.298 e. The first-order valence-corrected chi connectivity index (χ1v) is 7.04. The van der Waals surface area contributed by atoms with E-state index in [0.29, 0.717) is 5.92 Å². The van der Waals surface area contributed by atoms with Crippen molar-refractivity contribution in [3.05, 3.63) is 59.9 Å². The number of benzene rings is 1. The standard InChI is InChI=1S/C16H18FN3/c17-15-5-1-3-13(9-15)10-20-8-2-4-14(11-20)16-6-7-18-12-19-16/h1,3,5-7,9,12,14H,2,4,8,10-11H2/t14-/m1/s1. The first-order chi connectivity index (χ1) is 9.81. The van der Waals surface area contributed by atoms with Crippen LogP contribution in [0.15, 0.2) is 42.9 Å². The average molecular weight is 271 g/mol. The molecule has 1 aliphatic rings. The normalized spacial score (nSPS) is 19.9. The Balaban J connectivity index is 1.66. The molecular weight excluding hydrogens is 253 g/mol. The van der Waals surface area contributed by atoms with Crippen molar-refractivity contribution < 1.29 is 4.39 Å². The summed E-state index contributed by atoms with van der Waals surface area (Å²) in [5.74, 6) is 0.298. The molecule has 0 unspecified atom stereocenters. The highest BCUT2D eigenvalue weighted by Gasteiger charge is 2.22. The van der Waals surface area contributed by atoms with Crippen LogP contribution in [-0.2, 0) is 6.54 Å². The third-order valence-corrected chi connectivity index (χ3v) is 3.82. The Morgan fingerprint density at radius 2 is 2.25 bits per heavy atom. The predicted octanol–water partition coefficient (Wildman–Crippen LogP) is 3.00. The fraction of sp³-hybridized carbons (Fsp3) is 0.375. The van der Waals surface area contributed by atoms with Crippen molar-refractivity contribution in [2.75, 3.05) is 13.1 Å². The fourth-order valence-corrected chi connectivity index (χ4v) is 2.88. The molecule has 0 N–H and O–H groups in total. The number of piperidine rings is 1. The third kappa shape index (κ3) is 3.20. The van der Waals surface area contributed by atoms with Gasteiger partial charge >= 0.3 is 0 Å². The lowest BCUT2D eigenvalue weighted by Gasteiger charge is -2.32. The van der Waals surface area contributed by atoms with Crippen molar-refractivity contribution in [3.63, 3.8) is 0 Å². The molecular formula is C16H18FN3. The maximum Gasteiger partial charge on any atom is 0.123 e. The van der Waals surface area contributed by atoms with Gasteiger partial charge in [0.25, 0.3) is 0 Å². The zero-order valence-electron chi connectivity index (χ0n) is 11.4. The summed E-state index contributed by atoms with van der Waals surface area (Å²) in [5.41, 5.74) is 2.15. The van der Waals surface area contributed by atoms with Gasteiger partial charge in [0.2, 0.25) is 0 Å². The number of hydrogen-bond donors (Lipinski definition) is 0. The molecule has 20 heavy (non-hydrogen) atoms. The van der Waals surface area contributed by atoms with Gasteiger partial charge in [0.15, 0.2) is 0 Å². The van der Waals surface area contributed by atoms with Crippen LogP contribution in [0.5, 0.6) is 0 Å². The van der Waals surface area contributed by atoms with E-state index < -0.39 is 0 Å². The van der Waals surface area contributed by atoms with Crippen molar-refractivity contribution in [2.24, 2.45) is 0 Å². The highest BCUT2D eigenvalue weighted by Crippen LogP contribution is 2.26. The summed E-state index contributed by atoms with van der Waals surface area (Å²) in [7, 11) is 0. The van der Waals surface area contributed by atoms with Gasteiger partial charge in [0.1, 0.15) is 12.1 Å².